The SMILES string of the molecule is Cc1ccccc1-c1ccc2n(c1=O)C[C@H]1C[C@@H]2CN(C(=O)CSCC(=O)O)C1. The maximum absolute atomic E-state index is 13.2. The Morgan fingerprint density at radius 2 is 1.86 bits per heavy atom. The summed E-state index contributed by atoms with van der Waals surface area (Å²) in [5.74, 6) is -0.403. The second-order valence-electron chi connectivity index (χ2n) is 7.89. The van der Waals surface area contributed by atoms with Crippen LogP contribution in [0, 0.1) is 12.8 Å². The van der Waals surface area contributed by atoms with E-state index in [-0.39, 0.29) is 34.8 Å². The predicted octanol–water partition coefficient (Wildman–Crippen LogP) is 2.59. The summed E-state index contributed by atoms with van der Waals surface area (Å²) in [6.07, 6.45) is 0.981. The number of aryl methyl sites for hydroxylation is 1. The van der Waals surface area contributed by atoms with Gasteiger partial charge in [0.15, 0.2) is 0 Å². The van der Waals surface area contributed by atoms with Gasteiger partial charge >= 0.3 is 5.97 Å². The van der Waals surface area contributed by atoms with Crippen LogP contribution >= 0.6 is 11.8 Å². The van der Waals surface area contributed by atoms with Gasteiger partial charge in [0.1, 0.15) is 0 Å². The number of aromatic nitrogens is 1. The first-order chi connectivity index (χ1) is 13.9. The molecule has 0 saturated carbocycles. The van der Waals surface area contributed by atoms with Crippen molar-refractivity contribution < 1.29 is 14.7 Å². The molecular weight excluding hydrogens is 388 g/mol. The molecule has 1 aromatic heterocycles. The monoisotopic (exact) mass is 412 g/mol. The number of hydrogen-bond acceptors (Lipinski definition) is 4. The second kappa shape index (κ2) is 8.06. The molecule has 0 aliphatic carbocycles. The number of thioether (sulfide) groups is 1. The van der Waals surface area contributed by atoms with Crippen LogP contribution in [0.4, 0.5) is 0 Å². The Kier molecular flexibility index (Phi) is 5.50. The van der Waals surface area contributed by atoms with Crippen molar-refractivity contribution in [3.8, 4) is 11.1 Å². The molecule has 2 atom stereocenters. The van der Waals surface area contributed by atoms with Crippen molar-refractivity contribution in [2.45, 2.75) is 25.8 Å². The molecule has 1 amide bonds. The molecule has 2 aliphatic rings. The maximum atomic E-state index is 13.2. The number of nitrogens with zero attached hydrogens (tertiary/aromatic N) is 2. The van der Waals surface area contributed by atoms with Crippen LogP contribution in [-0.4, -0.2) is 51.0 Å². The molecule has 1 N–H and O–H groups in total. The van der Waals surface area contributed by atoms with Crippen molar-refractivity contribution in [2.24, 2.45) is 5.92 Å². The number of carbonyl (C=O) groups is 2. The fraction of sp³-hybridized carbons (Fsp3) is 0.409. The van der Waals surface area contributed by atoms with Crippen LogP contribution in [0.5, 0.6) is 0 Å². The van der Waals surface area contributed by atoms with Gasteiger partial charge < -0.3 is 14.6 Å². The lowest BCUT2D eigenvalue weighted by molar-refractivity contribution is -0.133. The highest BCUT2D eigenvalue weighted by molar-refractivity contribution is 8.00. The van der Waals surface area contributed by atoms with E-state index in [1.807, 2.05) is 52.8 Å². The van der Waals surface area contributed by atoms with Crippen LogP contribution < -0.4 is 5.56 Å². The largest absolute Gasteiger partial charge is 0.481 e. The number of amides is 1. The molecule has 29 heavy (non-hydrogen) atoms. The van der Waals surface area contributed by atoms with Gasteiger partial charge in [-0.05, 0) is 42.5 Å². The van der Waals surface area contributed by atoms with E-state index in [0.717, 1.165) is 40.6 Å². The third-order valence-electron chi connectivity index (χ3n) is 5.84. The number of carboxylic acids is 1. The predicted molar refractivity (Wildman–Crippen MR) is 113 cm³/mol. The number of benzene rings is 1. The van der Waals surface area contributed by atoms with Crippen molar-refractivity contribution in [3.63, 3.8) is 0 Å². The van der Waals surface area contributed by atoms with E-state index in [9.17, 15) is 14.4 Å². The highest BCUT2D eigenvalue weighted by Gasteiger charge is 2.36. The number of piperidine rings is 1. The summed E-state index contributed by atoms with van der Waals surface area (Å²) in [6, 6.07) is 11.9. The normalized spacial score (nSPS) is 20.2. The summed E-state index contributed by atoms with van der Waals surface area (Å²) in [5, 5.41) is 8.75. The van der Waals surface area contributed by atoms with Crippen molar-refractivity contribution in [2.75, 3.05) is 24.6 Å². The zero-order chi connectivity index (χ0) is 20.5. The minimum atomic E-state index is -0.906. The van der Waals surface area contributed by atoms with Gasteiger partial charge in [-0.3, -0.25) is 14.4 Å². The van der Waals surface area contributed by atoms with E-state index in [4.69, 9.17) is 5.11 Å². The van der Waals surface area contributed by atoms with E-state index in [2.05, 4.69) is 0 Å². The summed E-state index contributed by atoms with van der Waals surface area (Å²) in [7, 11) is 0. The Labute approximate surface area is 173 Å². The smallest absolute Gasteiger partial charge is 0.313 e. The molecule has 0 spiro atoms. The van der Waals surface area contributed by atoms with Crippen molar-refractivity contribution in [1.29, 1.82) is 0 Å². The van der Waals surface area contributed by atoms with Gasteiger partial charge in [0.05, 0.1) is 11.5 Å². The number of aliphatic carboxylic acids is 1. The van der Waals surface area contributed by atoms with E-state index in [1.165, 1.54) is 0 Å². The molecule has 0 radical (unpaired) electrons. The first-order valence-corrected chi connectivity index (χ1v) is 11.0. The minimum Gasteiger partial charge on any atom is -0.481 e. The first-order valence-electron chi connectivity index (χ1n) is 9.81. The Bertz CT molecular complexity index is 1020. The molecule has 1 aromatic carbocycles. The van der Waals surface area contributed by atoms with Gasteiger partial charge in [0.2, 0.25) is 5.91 Å². The summed E-state index contributed by atoms with van der Waals surface area (Å²) in [5.41, 5.74) is 3.82. The van der Waals surface area contributed by atoms with Crippen molar-refractivity contribution in [3.05, 3.63) is 58.0 Å². The number of hydrogen-bond donors (Lipinski definition) is 1. The van der Waals surface area contributed by atoms with Crippen LogP contribution in [0.2, 0.25) is 0 Å². The molecule has 152 valence electrons. The lowest BCUT2D eigenvalue weighted by Gasteiger charge is -2.43. The molecule has 6 nitrogen and oxygen atoms in total. The third-order valence-corrected chi connectivity index (χ3v) is 6.75. The quantitative estimate of drug-likeness (QED) is 0.817. The summed E-state index contributed by atoms with van der Waals surface area (Å²) < 4.78 is 1.90. The van der Waals surface area contributed by atoms with Crippen molar-refractivity contribution >= 4 is 23.6 Å². The summed E-state index contributed by atoms with van der Waals surface area (Å²) >= 11 is 1.13. The van der Waals surface area contributed by atoms with Crippen LogP contribution in [0.15, 0.2) is 41.2 Å². The van der Waals surface area contributed by atoms with Gasteiger partial charge in [-0.2, -0.15) is 0 Å². The molecule has 2 aliphatic heterocycles. The Hall–Kier alpha value is -2.54. The summed E-state index contributed by atoms with van der Waals surface area (Å²) in [4.78, 5) is 38.3. The molecule has 1 fully saturated rings. The molecule has 2 aromatic rings. The standard InChI is InChI=1S/C22H24N2O4S/c1-14-4-2-3-5-17(14)18-6-7-19-16-8-15(10-24(19)22(18)28)9-23(11-16)20(25)12-29-13-21(26)27/h2-7,15-16H,8-13H2,1H3,(H,26,27)/t15-,16+/m0/s1. The average molecular weight is 413 g/mol. The lowest BCUT2D eigenvalue weighted by Crippen LogP contribution is -2.49. The maximum Gasteiger partial charge on any atom is 0.313 e. The topological polar surface area (TPSA) is 79.6 Å². The number of pyridine rings is 1. The highest BCUT2D eigenvalue weighted by atomic mass is 32.2. The molecule has 4 rings (SSSR count). The molecular formula is C22H24N2O4S. The Morgan fingerprint density at radius 3 is 2.62 bits per heavy atom. The lowest BCUT2D eigenvalue weighted by atomic mass is 9.82. The highest BCUT2D eigenvalue weighted by Crippen LogP contribution is 2.36. The first kappa shape index (κ1) is 19.8. The number of carbonyl (C=O) groups excluding carboxylic acids is 1. The van der Waals surface area contributed by atoms with Crippen LogP contribution in [0.25, 0.3) is 11.1 Å². The summed E-state index contributed by atoms with van der Waals surface area (Å²) in [6.45, 7) is 3.85. The van der Waals surface area contributed by atoms with Gasteiger partial charge in [-0.15, -0.1) is 11.8 Å². The Balaban J connectivity index is 1.57. The number of carboxylic acid groups (broad SMARTS) is 1. The zero-order valence-electron chi connectivity index (χ0n) is 16.3. The molecule has 1 saturated heterocycles. The number of rotatable bonds is 5. The fourth-order valence-electron chi connectivity index (χ4n) is 4.55. The van der Waals surface area contributed by atoms with Gasteiger partial charge in [-0.25, -0.2) is 0 Å². The van der Waals surface area contributed by atoms with E-state index >= 15 is 0 Å². The molecule has 3 heterocycles. The number of fused-ring (bicyclic) bond motifs is 4. The molecule has 0 unspecified atom stereocenters. The zero-order valence-corrected chi connectivity index (χ0v) is 17.2. The number of likely N-dealkylation sites (tertiary alicyclic amines) is 1. The van der Waals surface area contributed by atoms with Gasteiger partial charge in [0, 0.05) is 36.8 Å². The second-order valence-corrected chi connectivity index (χ2v) is 8.87. The van der Waals surface area contributed by atoms with Gasteiger partial charge in [-0.1, -0.05) is 24.3 Å². The fourth-order valence-corrected chi connectivity index (χ4v) is 5.18. The molecule has 2 bridgehead atoms. The van der Waals surface area contributed by atoms with E-state index in [0.29, 0.717) is 19.6 Å². The van der Waals surface area contributed by atoms with Crippen LogP contribution in [0.1, 0.15) is 23.6 Å². The Morgan fingerprint density at radius 1 is 1.07 bits per heavy atom. The third kappa shape index (κ3) is 3.96. The van der Waals surface area contributed by atoms with Gasteiger partial charge in [0.25, 0.3) is 5.56 Å². The average Bonchev–Trinajstić information content (AvgIpc) is 2.69. The van der Waals surface area contributed by atoms with E-state index in [1.54, 1.807) is 0 Å². The van der Waals surface area contributed by atoms with Crippen molar-refractivity contribution in [1.82, 2.24) is 9.47 Å². The van der Waals surface area contributed by atoms with E-state index < -0.39 is 5.97 Å². The van der Waals surface area contributed by atoms with Crippen LogP contribution in [0.3, 0.4) is 0 Å². The molecule has 7 heteroatoms. The van der Waals surface area contributed by atoms with Crippen LogP contribution in [-0.2, 0) is 16.1 Å². The minimum absolute atomic E-state index is 0.0155.